The highest BCUT2D eigenvalue weighted by Gasteiger charge is 2.07. The minimum atomic E-state index is 0.141. The molecular weight excluding hydrogens is 230 g/mol. The minimum Gasteiger partial charge on any atom is -0.493 e. The Morgan fingerprint density at radius 2 is 2.06 bits per heavy atom. The topological polar surface area (TPSA) is 50.7 Å². The summed E-state index contributed by atoms with van der Waals surface area (Å²) in [5.41, 5.74) is 1.12. The van der Waals surface area contributed by atoms with Gasteiger partial charge in [-0.25, -0.2) is 0 Å². The fourth-order valence-corrected chi connectivity index (χ4v) is 1.70. The Morgan fingerprint density at radius 3 is 2.61 bits per heavy atom. The quantitative estimate of drug-likeness (QED) is 0.743. The lowest BCUT2D eigenvalue weighted by Gasteiger charge is -2.15. The monoisotopic (exact) mass is 253 g/mol. The zero-order chi connectivity index (χ0) is 13.4. The van der Waals surface area contributed by atoms with Gasteiger partial charge in [-0.05, 0) is 31.0 Å². The van der Waals surface area contributed by atoms with Crippen molar-refractivity contribution < 1.29 is 14.6 Å². The molecule has 0 aromatic heterocycles. The first kappa shape index (κ1) is 14.8. The van der Waals surface area contributed by atoms with Gasteiger partial charge in [-0.1, -0.05) is 13.0 Å². The Morgan fingerprint density at radius 1 is 1.28 bits per heavy atom. The van der Waals surface area contributed by atoms with Crippen molar-refractivity contribution in [3.8, 4) is 11.5 Å². The van der Waals surface area contributed by atoms with Gasteiger partial charge in [-0.15, -0.1) is 0 Å². The van der Waals surface area contributed by atoms with Gasteiger partial charge in [0.1, 0.15) is 0 Å². The molecule has 1 rings (SSSR count). The van der Waals surface area contributed by atoms with Crippen LogP contribution < -0.4 is 14.8 Å². The van der Waals surface area contributed by atoms with Crippen molar-refractivity contribution in [3.63, 3.8) is 0 Å². The predicted octanol–water partition coefficient (Wildman–Crippen LogP) is 1.95. The van der Waals surface area contributed by atoms with Crippen LogP contribution in [0.5, 0.6) is 11.5 Å². The summed E-state index contributed by atoms with van der Waals surface area (Å²) in [6.07, 6.45) is 0.908. The van der Waals surface area contributed by atoms with Gasteiger partial charge in [0.2, 0.25) is 0 Å². The Balaban J connectivity index is 2.69. The van der Waals surface area contributed by atoms with E-state index in [1.807, 2.05) is 32.0 Å². The summed E-state index contributed by atoms with van der Waals surface area (Å²) in [5, 5.41) is 12.4. The second-order valence-electron chi connectivity index (χ2n) is 4.09. The van der Waals surface area contributed by atoms with Crippen LogP contribution in [0.3, 0.4) is 0 Å². The normalized spacial score (nSPS) is 12.2. The van der Waals surface area contributed by atoms with E-state index >= 15 is 0 Å². The molecule has 4 nitrogen and oxygen atoms in total. The molecule has 0 saturated carbocycles. The van der Waals surface area contributed by atoms with Crippen molar-refractivity contribution in [2.45, 2.75) is 32.9 Å². The van der Waals surface area contributed by atoms with E-state index in [1.54, 1.807) is 7.11 Å². The van der Waals surface area contributed by atoms with E-state index in [9.17, 15) is 0 Å². The SMILES string of the molecule is CCOc1cc(CN[C@H](CC)CO)ccc1OC. The van der Waals surface area contributed by atoms with Gasteiger partial charge in [-0.3, -0.25) is 0 Å². The van der Waals surface area contributed by atoms with E-state index in [0.29, 0.717) is 13.2 Å². The summed E-state index contributed by atoms with van der Waals surface area (Å²) < 4.78 is 10.8. The number of nitrogens with one attached hydrogen (secondary N) is 1. The Bertz CT molecular complexity index is 351. The number of hydrogen-bond donors (Lipinski definition) is 2. The number of aliphatic hydroxyl groups excluding tert-OH is 1. The third-order valence-corrected chi connectivity index (χ3v) is 2.84. The van der Waals surface area contributed by atoms with E-state index in [1.165, 1.54) is 0 Å². The molecule has 0 aliphatic carbocycles. The van der Waals surface area contributed by atoms with Crippen molar-refractivity contribution in [1.82, 2.24) is 5.32 Å². The summed E-state index contributed by atoms with van der Waals surface area (Å²) in [7, 11) is 1.63. The maximum atomic E-state index is 9.12. The molecule has 4 heteroatoms. The van der Waals surface area contributed by atoms with Crippen molar-refractivity contribution in [2.24, 2.45) is 0 Å². The lowest BCUT2D eigenvalue weighted by atomic mass is 10.1. The van der Waals surface area contributed by atoms with Crippen molar-refractivity contribution >= 4 is 0 Å². The molecule has 0 heterocycles. The molecule has 0 aliphatic rings. The highest BCUT2D eigenvalue weighted by Crippen LogP contribution is 2.27. The average molecular weight is 253 g/mol. The van der Waals surface area contributed by atoms with Crippen LogP contribution in [0.2, 0.25) is 0 Å². The molecule has 102 valence electrons. The molecule has 0 unspecified atom stereocenters. The summed E-state index contributed by atoms with van der Waals surface area (Å²) in [6.45, 7) is 5.48. The Labute approximate surface area is 109 Å². The number of ether oxygens (including phenoxy) is 2. The lowest BCUT2D eigenvalue weighted by molar-refractivity contribution is 0.238. The summed E-state index contributed by atoms with van der Waals surface area (Å²) in [4.78, 5) is 0. The zero-order valence-electron chi connectivity index (χ0n) is 11.4. The van der Waals surface area contributed by atoms with Gasteiger partial charge in [-0.2, -0.15) is 0 Å². The van der Waals surface area contributed by atoms with Crippen molar-refractivity contribution in [3.05, 3.63) is 23.8 Å². The summed E-state index contributed by atoms with van der Waals surface area (Å²) in [5.74, 6) is 1.51. The molecule has 0 radical (unpaired) electrons. The summed E-state index contributed by atoms with van der Waals surface area (Å²) in [6, 6.07) is 6.02. The first-order valence-corrected chi connectivity index (χ1v) is 6.39. The van der Waals surface area contributed by atoms with Crippen molar-refractivity contribution in [1.29, 1.82) is 0 Å². The first-order chi connectivity index (χ1) is 8.74. The predicted molar refractivity (Wildman–Crippen MR) is 72.2 cm³/mol. The van der Waals surface area contributed by atoms with Gasteiger partial charge >= 0.3 is 0 Å². The molecule has 1 atom stereocenters. The van der Waals surface area contributed by atoms with E-state index in [4.69, 9.17) is 14.6 Å². The van der Waals surface area contributed by atoms with Gasteiger partial charge in [0.25, 0.3) is 0 Å². The molecule has 0 fully saturated rings. The number of benzene rings is 1. The molecule has 2 N–H and O–H groups in total. The molecule has 1 aromatic carbocycles. The fraction of sp³-hybridized carbons (Fsp3) is 0.571. The number of hydrogen-bond acceptors (Lipinski definition) is 4. The van der Waals surface area contributed by atoms with Crippen LogP contribution in [0, 0.1) is 0 Å². The maximum Gasteiger partial charge on any atom is 0.161 e. The maximum absolute atomic E-state index is 9.12. The van der Waals surface area contributed by atoms with Crippen LogP contribution >= 0.6 is 0 Å². The van der Waals surface area contributed by atoms with E-state index in [2.05, 4.69) is 5.32 Å². The molecule has 0 bridgehead atoms. The van der Waals surface area contributed by atoms with Gasteiger partial charge < -0.3 is 19.9 Å². The first-order valence-electron chi connectivity index (χ1n) is 6.39. The largest absolute Gasteiger partial charge is 0.493 e. The Hall–Kier alpha value is -1.26. The molecular formula is C14H23NO3. The zero-order valence-corrected chi connectivity index (χ0v) is 11.4. The standard InChI is InChI=1S/C14H23NO3/c1-4-12(10-16)15-9-11-6-7-13(17-3)14(8-11)18-5-2/h6-8,12,15-16H,4-5,9-10H2,1-3H3/t12-/m1/s1. The van der Waals surface area contributed by atoms with Crippen LogP contribution in [0.1, 0.15) is 25.8 Å². The average Bonchev–Trinajstić information content (AvgIpc) is 2.40. The highest BCUT2D eigenvalue weighted by molar-refractivity contribution is 5.42. The van der Waals surface area contributed by atoms with E-state index in [0.717, 1.165) is 23.5 Å². The smallest absolute Gasteiger partial charge is 0.161 e. The number of rotatable bonds is 8. The minimum absolute atomic E-state index is 0.141. The molecule has 0 aliphatic heterocycles. The third-order valence-electron chi connectivity index (χ3n) is 2.84. The lowest BCUT2D eigenvalue weighted by Crippen LogP contribution is -2.31. The molecule has 1 aromatic rings. The fourth-order valence-electron chi connectivity index (χ4n) is 1.70. The molecule has 0 saturated heterocycles. The van der Waals surface area contributed by atoms with Crippen LogP contribution in [-0.2, 0) is 6.54 Å². The van der Waals surface area contributed by atoms with E-state index < -0.39 is 0 Å². The van der Waals surface area contributed by atoms with Gasteiger partial charge in [0, 0.05) is 12.6 Å². The van der Waals surface area contributed by atoms with Crippen LogP contribution in [-0.4, -0.2) is 31.5 Å². The van der Waals surface area contributed by atoms with E-state index in [-0.39, 0.29) is 12.6 Å². The second kappa shape index (κ2) is 7.95. The summed E-state index contributed by atoms with van der Waals surface area (Å²) >= 11 is 0. The Kier molecular flexibility index (Phi) is 6.54. The van der Waals surface area contributed by atoms with Gasteiger partial charge in [0.05, 0.1) is 20.3 Å². The third kappa shape index (κ3) is 4.20. The van der Waals surface area contributed by atoms with Crippen LogP contribution in [0.15, 0.2) is 18.2 Å². The number of aliphatic hydroxyl groups is 1. The van der Waals surface area contributed by atoms with Crippen LogP contribution in [0.25, 0.3) is 0 Å². The molecule has 0 spiro atoms. The highest BCUT2D eigenvalue weighted by atomic mass is 16.5. The second-order valence-corrected chi connectivity index (χ2v) is 4.09. The van der Waals surface area contributed by atoms with Crippen molar-refractivity contribution in [2.75, 3.05) is 20.3 Å². The van der Waals surface area contributed by atoms with Crippen LogP contribution in [0.4, 0.5) is 0 Å². The number of methoxy groups -OCH3 is 1. The molecule has 18 heavy (non-hydrogen) atoms. The molecule has 0 amide bonds. The van der Waals surface area contributed by atoms with Gasteiger partial charge in [0.15, 0.2) is 11.5 Å².